The van der Waals surface area contributed by atoms with Gasteiger partial charge in [-0.3, -0.25) is 13.8 Å². The highest BCUT2D eigenvalue weighted by atomic mass is 35.5. The molecule has 0 saturated heterocycles. The van der Waals surface area contributed by atoms with Gasteiger partial charge in [0, 0.05) is 16.4 Å². The van der Waals surface area contributed by atoms with Crippen LogP contribution in [0.4, 0.5) is 17.1 Å². The topological polar surface area (TPSA) is 113 Å². The number of halogens is 2. The van der Waals surface area contributed by atoms with E-state index in [0.29, 0.717) is 5.69 Å². The number of hydrogen-bond donors (Lipinski definition) is 2. The molecule has 0 aliphatic rings. The molecule has 0 heterocycles. The van der Waals surface area contributed by atoms with Crippen LogP contribution < -0.4 is 14.3 Å². The molecule has 0 fully saturated rings. The Kier molecular flexibility index (Phi) is 8.74. The van der Waals surface area contributed by atoms with Crippen molar-refractivity contribution in [3.05, 3.63) is 112 Å². The molecule has 0 aromatic heterocycles. The molecule has 0 aliphatic heterocycles. The minimum Gasteiger partial charge on any atom is -0.325 e. The molecule has 208 valence electrons. The standard InChI is InChI=1S/C28H25Cl2N3O5S2/c1-19-8-10-23(16-20(19)2)32-39(35,36)24-13-11-22(12-14-24)31-28(34)18-33(27-17-21(29)9-15-26(27)30)40(37,38)25-6-4-3-5-7-25/h3-17,32H,18H2,1-2H3,(H,31,34). The van der Waals surface area contributed by atoms with E-state index in [1.165, 1.54) is 54.6 Å². The minimum atomic E-state index is -4.20. The number of nitrogens with one attached hydrogen (secondary N) is 2. The summed E-state index contributed by atoms with van der Waals surface area (Å²) >= 11 is 12.4. The Morgan fingerprint density at radius 2 is 1.40 bits per heavy atom. The second-order valence-electron chi connectivity index (χ2n) is 8.90. The number of carbonyl (C=O) groups excluding carboxylic acids is 1. The van der Waals surface area contributed by atoms with Gasteiger partial charge in [-0.1, -0.05) is 47.5 Å². The summed E-state index contributed by atoms with van der Waals surface area (Å²) in [5.74, 6) is -0.681. The summed E-state index contributed by atoms with van der Waals surface area (Å²) in [5.41, 5.74) is 2.72. The van der Waals surface area contributed by atoms with Gasteiger partial charge in [-0.05, 0) is 91.7 Å². The van der Waals surface area contributed by atoms with Crippen molar-refractivity contribution in [2.45, 2.75) is 23.6 Å². The molecule has 40 heavy (non-hydrogen) atoms. The molecule has 4 aromatic rings. The molecule has 1 amide bonds. The Morgan fingerprint density at radius 3 is 2.05 bits per heavy atom. The molecule has 8 nitrogen and oxygen atoms in total. The number of sulfonamides is 2. The molecule has 0 spiro atoms. The van der Waals surface area contributed by atoms with Gasteiger partial charge in [0.15, 0.2) is 0 Å². The van der Waals surface area contributed by atoms with Gasteiger partial charge in [0.25, 0.3) is 20.0 Å². The summed E-state index contributed by atoms with van der Waals surface area (Å²) in [7, 11) is -8.08. The molecule has 2 N–H and O–H groups in total. The van der Waals surface area contributed by atoms with Crippen LogP contribution in [-0.4, -0.2) is 29.3 Å². The van der Waals surface area contributed by atoms with Crippen LogP contribution in [0.2, 0.25) is 10.0 Å². The largest absolute Gasteiger partial charge is 0.325 e. The van der Waals surface area contributed by atoms with E-state index in [9.17, 15) is 21.6 Å². The van der Waals surface area contributed by atoms with Crippen molar-refractivity contribution in [1.29, 1.82) is 0 Å². The van der Waals surface area contributed by atoms with Crippen LogP contribution >= 0.6 is 23.2 Å². The van der Waals surface area contributed by atoms with Gasteiger partial charge in [-0.25, -0.2) is 16.8 Å². The smallest absolute Gasteiger partial charge is 0.264 e. The first-order valence-corrected chi connectivity index (χ1v) is 15.6. The molecule has 0 radical (unpaired) electrons. The third kappa shape index (κ3) is 6.76. The van der Waals surface area contributed by atoms with Gasteiger partial charge >= 0.3 is 0 Å². The van der Waals surface area contributed by atoms with Crippen molar-refractivity contribution in [1.82, 2.24) is 0 Å². The normalized spacial score (nSPS) is 11.6. The first-order chi connectivity index (χ1) is 18.9. The van der Waals surface area contributed by atoms with Gasteiger partial charge in [0.1, 0.15) is 6.54 Å². The van der Waals surface area contributed by atoms with Crippen molar-refractivity contribution in [3.63, 3.8) is 0 Å². The molecular weight excluding hydrogens is 593 g/mol. The van der Waals surface area contributed by atoms with E-state index in [2.05, 4.69) is 10.0 Å². The first-order valence-electron chi connectivity index (χ1n) is 11.9. The molecular formula is C28H25Cl2N3O5S2. The Balaban J connectivity index is 1.55. The van der Waals surface area contributed by atoms with Crippen molar-refractivity contribution < 1.29 is 21.6 Å². The Morgan fingerprint density at radius 1 is 0.750 bits per heavy atom. The van der Waals surface area contributed by atoms with Crippen molar-refractivity contribution >= 4 is 66.2 Å². The maximum atomic E-state index is 13.5. The highest BCUT2D eigenvalue weighted by Gasteiger charge is 2.29. The molecule has 0 aliphatic carbocycles. The maximum absolute atomic E-state index is 13.5. The van der Waals surface area contributed by atoms with E-state index >= 15 is 0 Å². The molecule has 0 atom stereocenters. The van der Waals surface area contributed by atoms with Crippen LogP contribution in [0.3, 0.4) is 0 Å². The number of amides is 1. The van der Waals surface area contributed by atoms with E-state index in [0.717, 1.165) is 15.4 Å². The third-order valence-corrected chi connectivity index (χ3v) is 9.73. The lowest BCUT2D eigenvalue weighted by Crippen LogP contribution is -2.38. The molecule has 4 aromatic carbocycles. The van der Waals surface area contributed by atoms with Crippen molar-refractivity contribution in [3.8, 4) is 0 Å². The lowest BCUT2D eigenvalue weighted by molar-refractivity contribution is -0.114. The molecule has 0 unspecified atom stereocenters. The summed E-state index contributed by atoms with van der Waals surface area (Å²) in [6, 6.07) is 22.7. The number of hydrogen-bond acceptors (Lipinski definition) is 5. The summed E-state index contributed by atoms with van der Waals surface area (Å²) in [4.78, 5) is 13.0. The van der Waals surface area contributed by atoms with E-state index in [-0.39, 0.29) is 31.2 Å². The fraction of sp³-hybridized carbons (Fsp3) is 0.107. The molecule has 0 saturated carbocycles. The number of rotatable bonds is 9. The zero-order chi connectivity index (χ0) is 29.1. The SMILES string of the molecule is Cc1ccc(NS(=O)(=O)c2ccc(NC(=O)CN(c3cc(Cl)ccc3Cl)S(=O)(=O)c3ccccc3)cc2)cc1C. The number of aryl methyl sites for hydroxylation is 2. The summed E-state index contributed by atoms with van der Waals surface area (Å²) in [6.45, 7) is 3.20. The molecule has 0 bridgehead atoms. The van der Waals surface area contributed by atoms with Crippen LogP contribution in [0.5, 0.6) is 0 Å². The average Bonchev–Trinajstić information content (AvgIpc) is 2.91. The van der Waals surface area contributed by atoms with E-state index in [4.69, 9.17) is 23.2 Å². The van der Waals surface area contributed by atoms with E-state index < -0.39 is 32.5 Å². The quantitative estimate of drug-likeness (QED) is 0.231. The summed E-state index contributed by atoms with van der Waals surface area (Å²) in [6.07, 6.45) is 0. The van der Waals surface area contributed by atoms with Gasteiger partial charge in [-0.2, -0.15) is 0 Å². The van der Waals surface area contributed by atoms with Gasteiger partial charge in [0.05, 0.1) is 20.5 Å². The van der Waals surface area contributed by atoms with Crippen LogP contribution in [0.15, 0.2) is 101 Å². The predicted molar refractivity (Wildman–Crippen MR) is 159 cm³/mol. The zero-order valence-corrected chi connectivity index (χ0v) is 24.6. The van der Waals surface area contributed by atoms with E-state index in [1.807, 2.05) is 19.9 Å². The van der Waals surface area contributed by atoms with Gasteiger partial charge in [0.2, 0.25) is 5.91 Å². The summed E-state index contributed by atoms with van der Waals surface area (Å²) < 4.78 is 56.1. The van der Waals surface area contributed by atoms with Crippen LogP contribution in [0.25, 0.3) is 0 Å². The Bertz CT molecular complexity index is 1760. The number of anilines is 3. The second kappa shape index (κ2) is 11.9. The lowest BCUT2D eigenvalue weighted by Gasteiger charge is -2.25. The minimum absolute atomic E-state index is 0.0114. The van der Waals surface area contributed by atoms with Crippen LogP contribution in [0.1, 0.15) is 11.1 Å². The van der Waals surface area contributed by atoms with Crippen molar-refractivity contribution in [2.75, 3.05) is 20.9 Å². The fourth-order valence-corrected chi connectivity index (χ4v) is 6.70. The first kappa shape index (κ1) is 29.4. The third-order valence-electron chi connectivity index (χ3n) is 6.00. The van der Waals surface area contributed by atoms with Crippen LogP contribution in [-0.2, 0) is 24.8 Å². The van der Waals surface area contributed by atoms with Crippen LogP contribution in [0, 0.1) is 13.8 Å². The van der Waals surface area contributed by atoms with E-state index in [1.54, 1.807) is 30.3 Å². The Hall–Kier alpha value is -3.57. The number of benzene rings is 4. The second-order valence-corrected chi connectivity index (χ2v) is 13.3. The maximum Gasteiger partial charge on any atom is 0.264 e. The summed E-state index contributed by atoms with van der Waals surface area (Å²) in [5, 5.41) is 2.93. The Labute approximate surface area is 243 Å². The van der Waals surface area contributed by atoms with Gasteiger partial charge in [-0.15, -0.1) is 0 Å². The predicted octanol–water partition coefficient (Wildman–Crippen LogP) is 6.25. The number of nitrogens with zero attached hydrogens (tertiary/aromatic N) is 1. The fourth-order valence-electron chi connectivity index (χ4n) is 3.76. The lowest BCUT2D eigenvalue weighted by atomic mass is 10.1. The molecule has 12 heteroatoms. The monoisotopic (exact) mass is 617 g/mol. The highest BCUT2D eigenvalue weighted by molar-refractivity contribution is 7.93. The zero-order valence-electron chi connectivity index (χ0n) is 21.4. The number of carbonyl (C=O) groups is 1. The average molecular weight is 619 g/mol. The molecule has 4 rings (SSSR count). The van der Waals surface area contributed by atoms with Crippen molar-refractivity contribution in [2.24, 2.45) is 0 Å². The van der Waals surface area contributed by atoms with Gasteiger partial charge < -0.3 is 5.32 Å². The highest BCUT2D eigenvalue weighted by Crippen LogP contribution is 2.33.